The van der Waals surface area contributed by atoms with Crippen LogP contribution in [0.3, 0.4) is 0 Å². The van der Waals surface area contributed by atoms with Gasteiger partial charge < -0.3 is 10.1 Å². The standard InChI is InChI=1S/C23H24ClN3O6S2/c1-26(34(3,29)30)20-6-4-5-18(15-20)25-23(28)16-27(19-9-7-17(24)8-10-19)35(31,32)22-13-11-21(33-2)12-14-22/h4-15H,16H2,1-3H3,(H,25,28). The SMILES string of the molecule is COc1ccc(S(=O)(=O)N(CC(=O)Nc2cccc(N(C)S(C)(=O)=O)c2)c2ccc(Cl)cc2)cc1. The van der Waals surface area contributed by atoms with Crippen molar-refractivity contribution in [2.75, 3.05) is 40.9 Å². The fourth-order valence-corrected chi connectivity index (χ4v) is 5.14. The van der Waals surface area contributed by atoms with Gasteiger partial charge in [0.25, 0.3) is 10.0 Å². The number of ether oxygens (including phenoxy) is 1. The molecule has 0 radical (unpaired) electrons. The van der Waals surface area contributed by atoms with E-state index in [0.717, 1.165) is 14.9 Å². The molecule has 0 saturated heterocycles. The highest BCUT2D eigenvalue weighted by molar-refractivity contribution is 7.93. The summed E-state index contributed by atoms with van der Waals surface area (Å²) in [5.74, 6) is -0.144. The Bertz CT molecular complexity index is 1410. The van der Waals surface area contributed by atoms with Crippen LogP contribution in [0.25, 0.3) is 0 Å². The molecule has 0 aliphatic rings. The van der Waals surface area contributed by atoms with Gasteiger partial charge in [0.05, 0.1) is 29.6 Å². The van der Waals surface area contributed by atoms with Gasteiger partial charge in [-0.3, -0.25) is 13.4 Å². The van der Waals surface area contributed by atoms with Crippen LogP contribution >= 0.6 is 11.6 Å². The highest BCUT2D eigenvalue weighted by Gasteiger charge is 2.27. The van der Waals surface area contributed by atoms with Crippen molar-refractivity contribution in [3.05, 3.63) is 77.8 Å². The average molecular weight is 538 g/mol. The van der Waals surface area contributed by atoms with Crippen molar-refractivity contribution >= 4 is 54.6 Å². The number of amides is 1. The first-order chi connectivity index (χ1) is 16.4. The second kappa shape index (κ2) is 10.5. The number of rotatable bonds is 9. The summed E-state index contributed by atoms with van der Waals surface area (Å²) in [4.78, 5) is 12.9. The normalized spacial score (nSPS) is 11.5. The van der Waals surface area contributed by atoms with Gasteiger partial charge in [0.15, 0.2) is 0 Å². The van der Waals surface area contributed by atoms with Crippen molar-refractivity contribution in [1.29, 1.82) is 0 Å². The van der Waals surface area contributed by atoms with E-state index >= 15 is 0 Å². The second-order valence-corrected chi connectivity index (χ2v) is 11.8. The smallest absolute Gasteiger partial charge is 0.264 e. The molecule has 0 spiro atoms. The summed E-state index contributed by atoms with van der Waals surface area (Å²) >= 11 is 5.96. The number of carbonyl (C=O) groups is 1. The van der Waals surface area contributed by atoms with Gasteiger partial charge in [-0.25, -0.2) is 16.8 Å². The van der Waals surface area contributed by atoms with E-state index in [1.54, 1.807) is 18.2 Å². The topological polar surface area (TPSA) is 113 Å². The van der Waals surface area contributed by atoms with E-state index in [1.165, 1.54) is 68.8 Å². The lowest BCUT2D eigenvalue weighted by Gasteiger charge is -2.24. The lowest BCUT2D eigenvalue weighted by atomic mass is 10.2. The minimum atomic E-state index is -4.13. The number of anilines is 3. The Labute approximate surface area is 210 Å². The molecule has 3 aromatic carbocycles. The zero-order valence-electron chi connectivity index (χ0n) is 19.2. The maximum Gasteiger partial charge on any atom is 0.264 e. The van der Waals surface area contributed by atoms with Crippen LogP contribution in [0.4, 0.5) is 17.1 Å². The highest BCUT2D eigenvalue weighted by atomic mass is 35.5. The Morgan fingerprint density at radius 3 is 2.14 bits per heavy atom. The third-order valence-corrected chi connectivity index (χ3v) is 8.29. The lowest BCUT2D eigenvalue weighted by Crippen LogP contribution is -2.38. The largest absolute Gasteiger partial charge is 0.497 e. The van der Waals surface area contributed by atoms with Crippen LogP contribution in [-0.4, -0.2) is 49.7 Å². The van der Waals surface area contributed by atoms with E-state index < -0.39 is 32.5 Å². The van der Waals surface area contributed by atoms with Crippen LogP contribution in [0.15, 0.2) is 77.7 Å². The van der Waals surface area contributed by atoms with E-state index in [-0.39, 0.29) is 10.6 Å². The molecule has 0 saturated carbocycles. The second-order valence-electron chi connectivity index (χ2n) is 7.49. The Kier molecular flexibility index (Phi) is 7.93. The third-order valence-electron chi connectivity index (χ3n) is 5.04. The molecule has 0 fully saturated rings. The minimum Gasteiger partial charge on any atom is -0.497 e. The van der Waals surface area contributed by atoms with Crippen LogP contribution in [0.2, 0.25) is 5.02 Å². The molecular formula is C23H24ClN3O6S2. The third kappa shape index (κ3) is 6.44. The molecule has 1 N–H and O–H groups in total. The van der Waals surface area contributed by atoms with Crippen molar-refractivity contribution in [1.82, 2.24) is 0 Å². The molecule has 9 nitrogen and oxygen atoms in total. The fourth-order valence-electron chi connectivity index (χ4n) is 3.10. The molecule has 0 bridgehead atoms. The molecule has 0 aliphatic heterocycles. The first-order valence-electron chi connectivity index (χ1n) is 10.2. The van der Waals surface area contributed by atoms with Gasteiger partial charge in [0.2, 0.25) is 15.9 Å². The van der Waals surface area contributed by atoms with E-state index in [0.29, 0.717) is 22.1 Å². The number of hydrogen-bond acceptors (Lipinski definition) is 6. The van der Waals surface area contributed by atoms with E-state index in [1.807, 2.05) is 0 Å². The Hall–Kier alpha value is -3.28. The van der Waals surface area contributed by atoms with Gasteiger partial charge in [-0.1, -0.05) is 17.7 Å². The number of sulfonamides is 2. The summed E-state index contributed by atoms with van der Waals surface area (Å²) in [5, 5.41) is 3.04. The van der Waals surface area contributed by atoms with E-state index in [2.05, 4.69) is 5.32 Å². The first-order valence-corrected chi connectivity index (χ1v) is 13.8. The van der Waals surface area contributed by atoms with Crippen LogP contribution in [-0.2, 0) is 24.8 Å². The quantitative estimate of drug-likeness (QED) is 0.446. The molecule has 35 heavy (non-hydrogen) atoms. The van der Waals surface area contributed by atoms with Crippen LogP contribution in [0.1, 0.15) is 0 Å². The maximum atomic E-state index is 13.5. The van der Waals surface area contributed by atoms with Crippen LogP contribution < -0.4 is 18.7 Å². The summed E-state index contributed by atoms with van der Waals surface area (Å²) in [6, 6.07) is 18.0. The number of methoxy groups -OCH3 is 1. The molecule has 0 atom stereocenters. The first kappa shape index (κ1) is 26.3. The van der Waals surface area contributed by atoms with Crippen molar-refractivity contribution in [2.24, 2.45) is 0 Å². The number of hydrogen-bond donors (Lipinski definition) is 1. The molecule has 1 amide bonds. The number of carbonyl (C=O) groups excluding carboxylic acids is 1. The van der Waals surface area contributed by atoms with Crippen molar-refractivity contribution in [3.63, 3.8) is 0 Å². The Morgan fingerprint density at radius 2 is 1.57 bits per heavy atom. The zero-order valence-corrected chi connectivity index (χ0v) is 21.6. The molecule has 0 aromatic heterocycles. The van der Waals surface area contributed by atoms with Gasteiger partial charge in [-0.05, 0) is 66.7 Å². The van der Waals surface area contributed by atoms with E-state index in [4.69, 9.17) is 16.3 Å². The number of nitrogens with zero attached hydrogens (tertiary/aromatic N) is 2. The number of halogens is 1. The zero-order chi connectivity index (χ0) is 25.8. The summed E-state index contributed by atoms with van der Waals surface area (Å²) in [5.41, 5.74) is 0.887. The lowest BCUT2D eigenvalue weighted by molar-refractivity contribution is -0.114. The maximum absolute atomic E-state index is 13.5. The molecule has 3 aromatic rings. The minimum absolute atomic E-state index is 0.0298. The predicted octanol–water partition coefficient (Wildman–Crippen LogP) is 3.58. The van der Waals surface area contributed by atoms with Gasteiger partial charge in [-0.2, -0.15) is 0 Å². The Morgan fingerprint density at radius 1 is 0.943 bits per heavy atom. The molecular weight excluding hydrogens is 514 g/mol. The summed E-state index contributed by atoms with van der Waals surface area (Å²) in [6.07, 6.45) is 1.06. The average Bonchev–Trinajstić information content (AvgIpc) is 2.82. The van der Waals surface area contributed by atoms with Crippen LogP contribution in [0.5, 0.6) is 5.75 Å². The van der Waals surface area contributed by atoms with E-state index in [9.17, 15) is 21.6 Å². The van der Waals surface area contributed by atoms with Gasteiger partial charge in [0.1, 0.15) is 12.3 Å². The molecule has 3 rings (SSSR count). The van der Waals surface area contributed by atoms with Gasteiger partial charge in [0, 0.05) is 17.8 Å². The van der Waals surface area contributed by atoms with Gasteiger partial charge >= 0.3 is 0 Å². The van der Waals surface area contributed by atoms with Crippen molar-refractivity contribution in [2.45, 2.75) is 4.90 Å². The highest BCUT2D eigenvalue weighted by Crippen LogP contribution is 2.27. The predicted molar refractivity (Wildman–Crippen MR) is 137 cm³/mol. The molecule has 0 aliphatic carbocycles. The van der Waals surface area contributed by atoms with Crippen molar-refractivity contribution in [3.8, 4) is 5.75 Å². The molecule has 186 valence electrons. The number of nitrogens with one attached hydrogen (secondary N) is 1. The summed E-state index contributed by atoms with van der Waals surface area (Å²) < 4.78 is 57.7. The summed E-state index contributed by atoms with van der Waals surface area (Å²) in [6.45, 7) is -0.540. The van der Waals surface area contributed by atoms with Gasteiger partial charge in [-0.15, -0.1) is 0 Å². The van der Waals surface area contributed by atoms with Crippen LogP contribution in [0, 0.1) is 0 Å². The van der Waals surface area contributed by atoms with Crippen molar-refractivity contribution < 1.29 is 26.4 Å². The number of benzene rings is 3. The summed E-state index contributed by atoms with van der Waals surface area (Å²) in [7, 11) is -4.78. The Balaban J connectivity index is 1.91. The molecule has 12 heteroatoms. The fraction of sp³-hybridized carbons (Fsp3) is 0.174. The molecule has 0 unspecified atom stereocenters. The molecule has 0 heterocycles. The monoisotopic (exact) mass is 537 g/mol.